The molecule has 1 saturated heterocycles. The maximum atomic E-state index is 11.5. The molecule has 3 heteroatoms. The van der Waals surface area contributed by atoms with E-state index < -0.39 is 6.10 Å². The van der Waals surface area contributed by atoms with Crippen LogP contribution < -0.4 is 0 Å². The topological polar surface area (TPSA) is 49.8 Å². The zero-order valence-corrected chi connectivity index (χ0v) is 16.2. The van der Waals surface area contributed by atoms with Gasteiger partial charge in [-0.2, -0.15) is 0 Å². The second-order valence-electron chi connectivity index (χ2n) is 7.98. The van der Waals surface area contributed by atoms with E-state index in [0.29, 0.717) is 18.9 Å². The van der Waals surface area contributed by atoms with Crippen molar-refractivity contribution in [3.63, 3.8) is 0 Å². The predicted octanol–water partition coefficient (Wildman–Crippen LogP) is 5.21. The van der Waals surface area contributed by atoms with Crippen molar-refractivity contribution in [1.82, 2.24) is 0 Å². The fourth-order valence-corrected chi connectivity index (χ4v) is 2.88. The van der Waals surface area contributed by atoms with E-state index >= 15 is 0 Å². The van der Waals surface area contributed by atoms with Gasteiger partial charge in [0.05, 0.1) is 12.2 Å². The molecule has 140 valence electrons. The van der Waals surface area contributed by atoms with Crippen LogP contribution in [0.5, 0.6) is 0 Å². The van der Waals surface area contributed by atoms with Crippen molar-refractivity contribution in [2.24, 2.45) is 5.41 Å². The van der Waals surface area contributed by atoms with Gasteiger partial charge in [0.1, 0.15) is 11.9 Å². The van der Waals surface area contributed by atoms with E-state index in [4.69, 9.17) is 4.74 Å². The molecule has 0 aliphatic carbocycles. The molecule has 3 unspecified atom stereocenters. The Hall–Kier alpha value is -0.670. The van der Waals surface area contributed by atoms with Gasteiger partial charge in [0, 0.05) is 5.41 Å². The van der Waals surface area contributed by atoms with E-state index in [1.165, 1.54) is 44.9 Å². The third kappa shape index (κ3) is 8.98. The SMILES string of the molecule is CCCCCCCCCC1OC1/C=C/C(O)CCC(C)(C)C(C)=O. The number of hydrogen-bond acceptors (Lipinski definition) is 3. The number of carbonyl (C=O) groups excluding carboxylic acids is 1. The molecule has 0 spiro atoms. The summed E-state index contributed by atoms with van der Waals surface area (Å²) in [6.45, 7) is 7.75. The van der Waals surface area contributed by atoms with E-state index in [1.54, 1.807) is 6.92 Å². The maximum absolute atomic E-state index is 11.5. The largest absolute Gasteiger partial charge is 0.389 e. The summed E-state index contributed by atoms with van der Waals surface area (Å²) in [6.07, 6.45) is 15.7. The molecular weight excluding hydrogens is 300 g/mol. The number of Topliss-reactive ketones (excluding diaryl/α,β-unsaturated/α-hetero) is 1. The van der Waals surface area contributed by atoms with Crippen LogP contribution in [0.15, 0.2) is 12.2 Å². The lowest BCUT2D eigenvalue weighted by Gasteiger charge is -2.21. The molecule has 3 nitrogen and oxygen atoms in total. The molecule has 3 atom stereocenters. The van der Waals surface area contributed by atoms with E-state index in [-0.39, 0.29) is 17.3 Å². The van der Waals surface area contributed by atoms with Gasteiger partial charge in [-0.25, -0.2) is 0 Å². The molecule has 1 heterocycles. The zero-order valence-electron chi connectivity index (χ0n) is 16.2. The molecule has 1 fully saturated rings. The Balaban J connectivity index is 2.05. The molecule has 0 radical (unpaired) electrons. The number of ketones is 1. The van der Waals surface area contributed by atoms with Gasteiger partial charge in [-0.3, -0.25) is 4.79 Å². The van der Waals surface area contributed by atoms with Crippen LogP contribution in [0.25, 0.3) is 0 Å². The number of unbranched alkanes of at least 4 members (excludes halogenated alkanes) is 6. The molecule has 1 rings (SSSR count). The monoisotopic (exact) mass is 338 g/mol. The summed E-state index contributed by atoms with van der Waals surface area (Å²) in [5.74, 6) is 0.180. The first-order chi connectivity index (χ1) is 11.4. The van der Waals surface area contributed by atoms with E-state index in [2.05, 4.69) is 6.92 Å². The number of hydrogen-bond donors (Lipinski definition) is 1. The Kier molecular flexibility index (Phi) is 9.84. The Morgan fingerprint density at radius 2 is 1.79 bits per heavy atom. The zero-order chi connectivity index (χ0) is 18.0. The van der Waals surface area contributed by atoms with Crippen LogP contribution >= 0.6 is 0 Å². The van der Waals surface area contributed by atoms with Crippen LogP contribution in [0.3, 0.4) is 0 Å². The average Bonchev–Trinajstić information content (AvgIpc) is 3.28. The molecule has 0 aromatic heterocycles. The third-order valence-electron chi connectivity index (χ3n) is 5.26. The van der Waals surface area contributed by atoms with Crippen LogP contribution in [0.1, 0.15) is 91.9 Å². The van der Waals surface area contributed by atoms with Crippen LogP contribution in [0.2, 0.25) is 0 Å². The number of carbonyl (C=O) groups is 1. The first-order valence-electron chi connectivity index (χ1n) is 9.89. The van der Waals surface area contributed by atoms with Crippen molar-refractivity contribution >= 4 is 5.78 Å². The molecule has 0 bridgehead atoms. The first kappa shape index (κ1) is 21.4. The molecule has 24 heavy (non-hydrogen) atoms. The molecule has 0 aromatic rings. The predicted molar refractivity (Wildman–Crippen MR) is 100 cm³/mol. The summed E-state index contributed by atoms with van der Waals surface area (Å²) in [5, 5.41) is 10.0. The minimum atomic E-state index is -0.480. The standard InChI is InChI=1S/C21H38O3/c1-5-6-7-8-9-10-11-12-19-20(24-19)14-13-18(23)15-16-21(3,4)17(2)22/h13-14,18-20,23H,5-12,15-16H2,1-4H3/b14-13+. The van der Waals surface area contributed by atoms with E-state index in [1.807, 2.05) is 26.0 Å². The number of epoxide rings is 1. The molecule has 1 aliphatic rings. The lowest BCUT2D eigenvalue weighted by atomic mass is 9.83. The molecule has 0 saturated carbocycles. The highest BCUT2D eigenvalue weighted by molar-refractivity contribution is 5.81. The van der Waals surface area contributed by atoms with Crippen molar-refractivity contribution in [2.45, 2.75) is 110 Å². The maximum Gasteiger partial charge on any atom is 0.135 e. The Morgan fingerprint density at radius 3 is 2.42 bits per heavy atom. The van der Waals surface area contributed by atoms with Crippen LogP contribution in [0, 0.1) is 5.41 Å². The van der Waals surface area contributed by atoms with Crippen LogP contribution in [0.4, 0.5) is 0 Å². The lowest BCUT2D eigenvalue weighted by Crippen LogP contribution is -2.23. The van der Waals surface area contributed by atoms with Crippen molar-refractivity contribution in [1.29, 1.82) is 0 Å². The number of rotatable bonds is 14. The van der Waals surface area contributed by atoms with Gasteiger partial charge in [-0.1, -0.05) is 77.9 Å². The van der Waals surface area contributed by atoms with Crippen LogP contribution in [-0.2, 0) is 9.53 Å². The average molecular weight is 339 g/mol. The van der Waals surface area contributed by atoms with Crippen molar-refractivity contribution in [2.75, 3.05) is 0 Å². The number of aliphatic hydroxyl groups is 1. The third-order valence-corrected chi connectivity index (χ3v) is 5.26. The molecule has 0 aromatic carbocycles. The van der Waals surface area contributed by atoms with Gasteiger partial charge in [0.15, 0.2) is 0 Å². The quantitative estimate of drug-likeness (QED) is 0.269. The molecular formula is C21H38O3. The second-order valence-corrected chi connectivity index (χ2v) is 7.98. The summed E-state index contributed by atoms with van der Waals surface area (Å²) in [7, 11) is 0. The number of aliphatic hydroxyl groups excluding tert-OH is 1. The summed E-state index contributed by atoms with van der Waals surface area (Å²) < 4.78 is 5.64. The van der Waals surface area contributed by atoms with Gasteiger partial charge in [0.25, 0.3) is 0 Å². The van der Waals surface area contributed by atoms with Crippen molar-refractivity contribution in [3.8, 4) is 0 Å². The summed E-state index contributed by atoms with van der Waals surface area (Å²) in [6, 6.07) is 0. The molecule has 0 amide bonds. The Labute approximate surface area is 148 Å². The van der Waals surface area contributed by atoms with Gasteiger partial charge < -0.3 is 9.84 Å². The summed E-state index contributed by atoms with van der Waals surface area (Å²) in [5.41, 5.74) is -0.343. The second kappa shape index (κ2) is 11.0. The summed E-state index contributed by atoms with van der Waals surface area (Å²) >= 11 is 0. The molecule has 1 aliphatic heterocycles. The van der Waals surface area contributed by atoms with E-state index in [0.717, 1.165) is 6.42 Å². The minimum absolute atomic E-state index is 0.180. The van der Waals surface area contributed by atoms with Crippen molar-refractivity contribution in [3.05, 3.63) is 12.2 Å². The number of ether oxygens (including phenoxy) is 1. The highest BCUT2D eigenvalue weighted by Crippen LogP contribution is 2.29. The van der Waals surface area contributed by atoms with Gasteiger partial charge in [0.2, 0.25) is 0 Å². The highest BCUT2D eigenvalue weighted by Gasteiger charge is 2.35. The van der Waals surface area contributed by atoms with Gasteiger partial charge >= 0.3 is 0 Å². The van der Waals surface area contributed by atoms with Crippen molar-refractivity contribution < 1.29 is 14.6 Å². The highest BCUT2D eigenvalue weighted by atomic mass is 16.6. The smallest absolute Gasteiger partial charge is 0.135 e. The fraction of sp³-hybridized carbons (Fsp3) is 0.857. The van der Waals surface area contributed by atoms with Gasteiger partial charge in [-0.15, -0.1) is 0 Å². The summed E-state index contributed by atoms with van der Waals surface area (Å²) in [4.78, 5) is 11.5. The first-order valence-corrected chi connectivity index (χ1v) is 9.89. The van der Waals surface area contributed by atoms with Gasteiger partial charge in [-0.05, 0) is 26.2 Å². The molecule has 1 N–H and O–H groups in total. The normalized spacial score (nSPS) is 22.0. The van der Waals surface area contributed by atoms with Crippen LogP contribution in [-0.4, -0.2) is 29.2 Å². The van der Waals surface area contributed by atoms with E-state index in [9.17, 15) is 9.90 Å². The minimum Gasteiger partial charge on any atom is -0.389 e. The fourth-order valence-electron chi connectivity index (χ4n) is 2.88. The Morgan fingerprint density at radius 1 is 1.17 bits per heavy atom. The lowest BCUT2D eigenvalue weighted by molar-refractivity contribution is -0.125. The Bertz CT molecular complexity index is 387.